The summed E-state index contributed by atoms with van der Waals surface area (Å²) in [5, 5.41) is 2.89. The molecule has 4 nitrogen and oxygen atoms in total. The normalized spacial score (nSPS) is 17.2. The van der Waals surface area contributed by atoms with Crippen LogP contribution < -0.4 is 11.1 Å². The summed E-state index contributed by atoms with van der Waals surface area (Å²) >= 11 is 0. The van der Waals surface area contributed by atoms with E-state index in [9.17, 15) is 4.79 Å². The first-order chi connectivity index (χ1) is 10.7. The summed E-state index contributed by atoms with van der Waals surface area (Å²) in [7, 11) is 0. The quantitative estimate of drug-likeness (QED) is 0.809. The van der Waals surface area contributed by atoms with Crippen LogP contribution in [-0.2, 0) is 16.1 Å². The molecule has 0 spiro atoms. The molecule has 1 amide bonds. The van der Waals surface area contributed by atoms with Gasteiger partial charge in [0.05, 0.1) is 18.8 Å². The van der Waals surface area contributed by atoms with Gasteiger partial charge in [0, 0.05) is 5.69 Å². The maximum atomic E-state index is 12.0. The van der Waals surface area contributed by atoms with Crippen LogP contribution in [0.1, 0.15) is 57.4 Å². The second-order valence-corrected chi connectivity index (χ2v) is 6.16. The van der Waals surface area contributed by atoms with Crippen molar-refractivity contribution in [1.29, 1.82) is 0 Å². The van der Waals surface area contributed by atoms with Crippen LogP contribution in [0.15, 0.2) is 24.3 Å². The van der Waals surface area contributed by atoms with Crippen molar-refractivity contribution in [3.8, 4) is 0 Å². The van der Waals surface area contributed by atoms with Crippen LogP contribution in [0.5, 0.6) is 0 Å². The Kier molecular flexibility index (Phi) is 6.87. The van der Waals surface area contributed by atoms with Gasteiger partial charge >= 0.3 is 0 Å². The Morgan fingerprint density at radius 3 is 2.86 bits per heavy atom. The number of amides is 1. The predicted octanol–water partition coefficient (Wildman–Crippen LogP) is 3.60. The summed E-state index contributed by atoms with van der Waals surface area (Å²) in [5.41, 5.74) is 7.72. The molecular weight excluding hydrogens is 276 g/mol. The maximum Gasteiger partial charge on any atom is 0.241 e. The molecule has 2 rings (SSSR count). The number of rotatable bonds is 7. The topological polar surface area (TPSA) is 64.4 Å². The molecule has 1 aliphatic rings. The Morgan fingerprint density at radius 2 is 2.14 bits per heavy atom. The van der Waals surface area contributed by atoms with E-state index in [2.05, 4.69) is 5.32 Å². The lowest BCUT2D eigenvalue weighted by atomic mass is 9.98. The Balaban J connectivity index is 1.85. The van der Waals surface area contributed by atoms with E-state index in [0.717, 1.165) is 17.7 Å². The van der Waals surface area contributed by atoms with Gasteiger partial charge in [-0.15, -0.1) is 0 Å². The van der Waals surface area contributed by atoms with Gasteiger partial charge in [0.15, 0.2) is 0 Å². The lowest BCUT2D eigenvalue weighted by molar-refractivity contribution is -0.117. The summed E-state index contributed by atoms with van der Waals surface area (Å²) in [6, 6.07) is 7.40. The number of carbonyl (C=O) groups excluding carboxylic acids is 1. The average molecular weight is 304 g/mol. The minimum Gasteiger partial charge on any atom is -0.374 e. The van der Waals surface area contributed by atoms with Crippen LogP contribution >= 0.6 is 0 Å². The van der Waals surface area contributed by atoms with Crippen LogP contribution in [0.2, 0.25) is 0 Å². The zero-order chi connectivity index (χ0) is 15.8. The van der Waals surface area contributed by atoms with Crippen molar-refractivity contribution in [3.63, 3.8) is 0 Å². The standard InChI is InChI=1S/C18H28N2O2/c1-2-7-17(19)18(21)20-15-9-6-8-14(12-15)13-22-16-10-4-3-5-11-16/h6,8-9,12,16-17H,2-5,7,10-11,13,19H2,1H3,(H,20,21). The van der Waals surface area contributed by atoms with Gasteiger partial charge in [-0.3, -0.25) is 4.79 Å². The number of carbonyl (C=O) groups is 1. The second kappa shape index (κ2) is 8.91. The lowest BCUT2D eigenvalue weighted by Gasteiger charge is -2.22. The Bertz CT molecular complexity index is 470. The first-order valence-corrected chi connectivity index (χ1v) is 8.46. The van der Waals surface area contributed by atoms with Crippen LogP contribution in [0.25, 0.3) is 0 Å². The molecule has 22 heavy (non-hydrogen) atoms. The minimum atomic E-state index is -0.438. The Morgan fingerprint density at radius 1 is 1.36 bits per heavy atom. The fourth-order valence-electron chi connectivity index (χ4n) is 2.86. The van der Waals surface area contributed by atoms with E-state index in [-0.39, 0.29) is 5.91 Å². The highest BCUT2D eigenvalue weighted by Crippen LogP contribution is 2.22. The number of anilines is 1. The average Bonchev–Trinajstić information content (AvgIpc) is 2.54. The monoisotopic (exact) mass is 304 g/mol. The van der Waals surface area contributed by atoms with Crippen molar-refractivity contribution < 1.29 is 9.53 Å². The first kappa shape index (κ1) is 17.0. The number of hydrogen-bond acceptors (Lipinski definition) is 3. The third kappa shape index (κ3) is 5.43. The molecule has 4 heteroatoms. The molecule has 0 radical (unpaired) electrons. The van der Waals surface area contributed by atoms with Crippen LogP contribution in [-0.4, -0.2) is 18.1 Å². The molecule has 3 N–H and O–H groups in total. The van der Waals surface area contributed by atoms with Gasteiger partial charge in [0.1, 0.15) is 0 Å². The van der Waals surface area contributed by atoms with E-state index in [4.69, 9.17) is 10.5 Å². The molecule has 1 aromatic rings. The van der Waals surface area contributed by atoms with E-state index in [1.807, 2.05) is 31.2 Å². The van der Waals surface area contributed by atoms with Gasteiger partial charge in [0.2, 0.25) is 5.91 Å². The summed E-state index contributed by atoms with van der Waals surface area (Å²) in [4.78, 5) is 12.0. The molecule has 1 saturated carbocycles. The van der Waals surface area contributed by atoms with Gasteiger partial charge in [-0.1, -0.05) is 44.7 Å². The van der Waals surface area contributed by atoms with Gasteiger partial charge in [-0.25, -0.2) is 0 Å². The Hall–Kier alpha value is -1.39. The van der Waals surface area contributed by atoms with E-state index >= 15 is 0 Å². The summed E-state index contributed by atoms with van der Waals surface area (Å²) in [6.07, 6.45) is 8.22. The zero-order valence-electron chi connectivity index (χ0n) is 13.5. The molecule has 1 fully saturated rings. The van der Waals surface area contributed by atoms with E-state index in [1.165, 1.54) is 32.1 Å². The number of nitrogens with two attached hydrogens (primary N) is 1. The number of hydrogen-bond donors (Lipinski definition) is 2. The predicted molar refractivity (Wildman–Crippen MR) is 89.6 cm³/mol. The molecule has 1 atom stereocenters. The van der Waals surface area contributed by atoms with E-state index in [1.54, 1.807) is 0 Å². The highest BCUT2D eigenvalue weighted by Gasteiger charge is 2.14. The van der Waals surface area contributed by atoms with Crippen molar-refractivity contribution in [2.24, 2.45) is 5.73 Å². The van der Waals surface area contributed by atoms with Gasteiger partial charge in [-0.2, -0.15) is 0 Å². The lowest BCUT2D eigenvalue weighted by Crippen LogP contribution is -2.35. The van der Waals surface area contributed by atoms with Crippen molar-refractivity contribution in [3.05, 3.63) is 29.8 Å². The van der Waals surface area contributed by atoms with Gasteiger partial charge < -0.3 is 15.8 Å². The third-order valence-corrected chi connectivity index (χ3v) is 4.17. The molecular formula is C18H28N2O2. The molecule has 1 unspecified atom stereocenters. The fourth-order valence-corrected chi connectivity index (χ4v) is 2.86. The summed E-state index contributed by atoms with van der Waals surface area (Å²) in [6.45, 7) is 2.63. The molecule has 1 aliphatic carbocycles. The smallest absolute Gasteiger partial charge is 0.241 e. The van der Waals surface area contributed by atoms with Crippen molar-refractivity contribution in [2.75, 3.05) is 5.32 Å². The van der Waals surface area contributed by atoms with Crippen molar-refractivity contribution >= 4 is 11.6 Å². The number of nitrogens with one attached hydrogen (secondary N) is 1. The molecule has 1 aromatic carbocycles. The van der Waals surface area contributed by atoms with E-state index < -0.39 is 6.04 Å². The number of ether oxygens (including phenoxy) is 1. The summed E-state index contributed by atoms with van der Waals surface area (Å²) < 4.78 is 5.98. The van der Waals surface area contributed by atoms with Crippen molar-refractivity contribution in [1.82, 2.24) is 0 Å². The van der Waals surface area contributed by atoms with Crippen LogP contribution in [0.3, 0.4) is 0 Å². The molecule has 0 bridgehead atoms. The maximum absolute atomic E-state index is 12.0. The third-order valence-electron chi connectivity index (χ3n) is 4.17. The molecule has 0 aliphatic heterocycles. The largest absolute Gasteiger partial charge is 0.374 e. The zero-order valence-corrected chi connectivity index (χ0v) is 13.5. The van der Waals surface area contributed by atoms with E-state index in [0.29, 0.717) is 19.1 Å². The minimum absolute atomic E-state index is 0.118. The van der Waals surface area contributed by atoms with Crippen molar-refractivity contribution in [2.45, 2.75) is 70.6 Å². The fraction of sp³-hybridized carbons (Fsp3) is 0.611. The first-order valence-electron chi connectivity index (χ1n) is 8.46. The van der Waals surface area contributed by atoms with Crippen LogP contribution in [0, 0.1) is 0 Å². The molecule has 0 heterocycles. The molecule has 0 saturated heterocycles. The highest BCUT2D eigenvalue weighted by atomic mass is 16.5. The van der Waals surface area contributed by atoms with Gasteiger partial charge in [-0.05, 0) is 37.0 Å². The Labute approximate surface area is 133 Å². The van der Waals surface area contributed by atoms with Crippen LogP contribution in [0.4, 0.5) is 5.69 Å². The molecule has 122 valence electrons. The second-order valence-electron chi connectivity index (χ2n) is 6.16. The number of benzene rings is 1. The SMILES string of the molecule is CCCC(N)C(=O)Nc1cccc(COC2CCCCC2)c1. The highest BCUT2D eigenvalue weighted by molar-refractivity contribution is 5.94. The molecule has 0 aromatic heterocycles. The van der Waals surface area contributed by atoms with Gasteiger partial charge in [0.25, 0.3) is 0 Å². The summed E-state index contributed by atoms with van der Waals surface area (Å²) in [5.74, 6) is -0.118.